The van der Waals surface area contributed by atoms with Crippen LogP contribution < -0.4 is 9.46 Å². The van der Waals surface area contributed by atoms with Crippen molar-refractivity contribution in [2.45, 2.75) is 55.4 Å². The van der Waals surface area contributed by atoms with Crippen LogP contribution in [0.15, 0.2) is 53.4 Å². The van der Waals surface area contributed by atoms with Crippen LogP contribution >= 0.6 is 0 Å². The maximum atomic E-state index is 12.9. The van der Waals surface area contributed by atoms with Crippen LogP contribution in [0.1, 0.15) is 30.4 Å². The summed E-state index contributed by atoms with van der Waals surface area (Å²) in [6, 6.07) is 13.7. The summed E-state index contributed by atoms with van der Waals surface area (Å²) >= 11 is 0. The number of carbonyl (C=O) groups is 1. The normalized spacial score (nSPS) is 23.1. The third kappa shape index (κ3) is 5.55. The molecule has 1 amide bonds. The Labute approximate surface area is 194 Å². The van der Waals surface area contributed by atoms with Gasteiger partial charge in [-0.15, -0.1) is 0 Å². The monoisotopic (exact) mass is 474 g/mol. The fraction of sp³-hybridized carbons (Fsp3) is 0.458. The molecular formula is C24H30N2O6S. The second kappa shape index (κ2) is 10.2. The molecule has 1 fully saturated rings. The minimum atomic E-state index is -3.79. The lowest BCUT2D eigenvalue weighted by Gasteiger charge is -2.37. The van der Waals surface area contributed by atoms with Crippen LogP contribution in [-0.2, 0) is 32.5 Å². The fourth-order valence-corrected chi connectivity index (χ4v) is 5.77. The van der Waals surface area contributed by atoms with Crippen LogP contribution in [0.2, 0.25) is 0 Å². The molecule has 4 rings (SSSR count). The molecule has 8 nitrogen and oxygen atoms in total. The quantitative estimate of drug-likeness (QED) is 0.635. The Morgan fingerprint density at radius 3 is 2.58 bits per heavy atom. The molecule has 0 aromatic heterocycles. The summed E-state index contributed by atoms with van der Waals surface area (Å²) in [5.74, 6) is 0.580. The van der Waals surface area contributed by atoms with Crippen molar-refractivity contribution >= 4 is 15.9 Å². The van der Waals surface area contributed by atoms with Crippen molar-refractivity contribution in [3.05, 3.63) is 59.7 Å². The molecule has 2 heterocycles. The molecule has 0 radical (unpaired) electrons. The summed E-state index contributed by atoms with van der Waals surface area (Å²) in [5, 5.41) is 9.84. The first-order valence-electron chi connectivity index (χ1n) is 11.2. The highest BCUT2D eigenvalue weighted by Gasteiger charge is 2.35. The zero-order chi connectivity index (χ0) is 23.4. The van der Waals surface area contributed by atoms with Crippen LogP contribution in [0.5, 0.6) is 5.75 Å². The summed E-state index contributed by atoms with van der Waals surface area (Å²) in [5.41, 5.74) is 2.45. The Kier molecular flexibility index (Phi) is 7.33. The standard InChI is InChI=1S/C24H30N2O6S/c1-31-19-6-9-21(10-7-19)33(29,30)25-22-11-8-20(32-23(22)16-27)14-24(28)26-13-12-17-4-2-3-5-18(17)15-26/h2-7,9-10,20,22-23,25,27H,8,11-16H2,1H3/t20-,22+,23-/m0/s1. The number of sulfonamides is 1. The molecule has 1 saturated heterocycles. The number of benzene rings is 2. The predicted molar refractivity (Wildman–Crippen MR) is 122 cm³/mol. The molecule has 0 saturated carbocycles. The average Bonchev–Trinajstić information content (AvgIpc) is 2.84. The molecule has 33 heavy (non-hydrogen) atoms. The second-order valence-electron chi connectivity index (χ2n) is 8.50. The van der Waals surface area contributed by atoms with Gasteiger partial charge >= 0.3 is 0 Å². The molecule has 2 N–H and O–H groups in total. The first-order valence-corrected chi connectivity index (χ1v) is 12.6. The van der Waals surface area contributed by atoms with E-state index >= 15 is 0 Å². The zero-order valence-corrected chi connectivity index (χ0v) is 19.5. The number of nitrogens with zero attached hydrogens (tertiary/aromatic N) is 1. The van der Waals surface area contributed by atoms with Crippen molar-refractivity contribution in [1.82, 2.24) is 9.62 Å². The van der Waals surface area contributed by atoms with Gasteiger partial charge in [-0.05, 0) is 54.7 Å². The fourth-order valence-electron chi connectivity index (χ4n) is 4.47. The number of hydrogen-bond acceptors (Lipinski definition) is 6. The summed E-state index contributed by atoms with van der Waals surface area (Å²) in [6.07, 6.45) is 0.989. The molecule has 2 aromatic carbocycles. The van der Waals surface area contributed by atoms with Crippen LogP contribution in [-0.4, -0.2) is 62.8 Å². The van der Waals surface area contributed by atoms with E-state index in [1.165, 1.54) is 30.4 Å². The molecule has 2 aliphatic rings. The molecule has 0 bridgehead atoms. The van der Waals surface area contributed by atoms with Gasteiger partial charge in [0.05, 0.1) is 43.3 Å². The van der Waals surface area contributed by atoms with Crippen LogP contribution in [0.25, 0.3) is 0 Å². The van der Waals surface area contributed by atoms with Gasteiger partial charge in [0.1, 0.15) is 5.75 Å². The van der Waals surface area contributed by atoms with Crippen LogP contribution in [0.3, 0.4) is 0 Å². The highest BCUT2D eigenvalue weighted by atomic mass is 32.2. The van der Waals surface area contributed by atoms with Gasteiger partial charge in [0.2, 0.25) is 15.9 Å². The number of aliphatic hydroxyl groups excluding tert-OH is 1. The number of aliphatic hydroxyl groups is 1. The van der Waals surface area contributed by atoms with E-state index in [2.05, 4.69) is 10.8 Å². The van der Waals surface area contributed by atoms with E-state index in [1.54, 1.807) is 12.1 Å². The van der Waals surface area contributed by atoms with Crippen molar-refractivity contribution in [2.75, 3.05) is 20.3 Å². The van der Waals surface area contributed by atoms with E-state index in [-0.39, 0.29) is 29.9 Å². The molecule has 0 spiro atoms. The van der Waals surface area contributed by atoms with Gasteiger partial charge in [-0.3, -0.25) is 4.79 Å². The van der Waals surface area contributed by atoms with Crippen molar-refractivity contribution in [1.29, 1.82) is 0 Å². The van der Waals surface area contributed by atoms with Gasteiger partial charge in [-0.2, -0.15) is 0 Å². The van der Waals surface area contributed by atoms with E-state index in [0.717, 1.165) is 6.42 Å². The first kappa shape index (κ1) is 23.7. The lowest BCUT2D eigenvalue weighted by Crippen LogP contribution is -2.51. The highest BCUT2D eigenvalue weighted by molar-refractivity contribution is 7.89. The second-order valence-corrected chi connectivity index (χ2v) is 10.2. The Bertz CT molecular complexity index is 1070. The number of methoxy groups -OCH3 is 1. The minimum absolute atomic E-state index is 0.0171. The van der Waals surface area contributed by atoms with Gasteiger partial charge in [-0.1, -0.05) is 24.3 Å². The summed E-state index contributed by atoms with van der Waals surface area (Å²) < 4.78 is 39.2. The molecular weight excluding hydrogens is 444 g/mol. The molecule has 2 aliphatic heterocycles. The number of hydrogen-bond donors (Lipinski definition) is 2. The largest absolute Gasteiger partial charge is 0.497 e. The van der Waals surface area contributed by atoms with Crippen LogP contribution in [0, 0.1) is 0 Å². The average molecular weight is 475 g/mol. The Balaban J connectivity index is 1.34. The Morgan fingerprint density at radius 2 is 1.88 bits per heavy atom. The van der Waals surface area contributed by atoms with Gasteiger partial charge in [0, 0.05) is 13.1 Å². The van der Waals surface area contributed by atoms with Gasteiger partial charge in [0.15, 0.2) is 0 Å². The summed E-state index contributed by atoms with van der Waals surface area (Å²) in [7, 11) is -2.27. The predicted octanol–water partition coefficient (Wildman–Crippen LogP) is 1.86. The van der Waals surface area contributed by atoms with Gasteiger partial charge in [-0.25, -0.2) is 13.1 Å². The smallest absolute Gasteiger partial charge is 0.240 e. The number of nitrogens with one attached hydrogen (secondary N) is 1. The summed E-state index contributed by atoms with van der Waals surface area (Å²) in [4.78, 5) is 14.8. The Morgan fingerprint density at radius 1 is 1.15 bits per heavy atom. The van der Waals surface area contributed by atoms with E-state index < -0.39 is 22.2 Å². The first-order chi connectivity index (χ1) is 15.9. The maximum Gasteiger partial charge on any atom is 0.240 e. The molecule has 2 aromatic rings. The molecule has 3 atom stereocenters. The number of rotatable bonds is 7. The van der Waals surface area contributed by atoms with E-state index in [0.29, 0.717) is 31.7 Å². The topological polar surface area (TPSA) is 105 Å². The maximum absolute atomic E-state index is 12.9. The van der Waals surface area contributed by atoms with E-state index in [9.17, 15) is 18.3 Å². The third-order valence-corrected chi connectivity index (χ3v) is 7.86. The van der Waals surface area contributed by atoms with Crippen LogP contribution in [0.4, 0.5) is 0 Å². The minimum Gasteiger partial charge on any atom is -0.497 e. The molecule has 178 valence electrons. The number of carbonyl (C=O) groups excluding carboxylic acids is 1. The van der Waals surface area contributed by atoms with Gasteiger partial charge in [0.25, 0.3) is 0 Å². The molecule has 9 heteroatoms. The highest BCUT2D eigenvalue weighted by Crippen LogP contribution is 2.26. The number of amides is 1. The van der Waals surface area contributed by atoms with Crippen molar-refractivity contribution in [2.24, 2.45) is 0 Å². The number of fused-ring (bicyclic) bond motifs is 1. The van der Waals surface area contributed by atoms with E-state index in [4.69, 9.17) is 9.47 Å². The van der Waals surface area contributed by atoms with Gasteiger partial charge < -0.3 is 19.5 Å². The zero-order valence-electron chi connectivity index (χ0n) is 18.6. The van der Waals surface area contributed by atoms with Crippen molar-refractivity contribution < 1.29 is 27.8 Å². The SMILES string of the molecule is COc1ccc(S(=O)(=O)N[C@@H]2CC[C@@H](CC(=O)N3CCc4ccccc4C3)O[C@H]2CO)cc1. The Hall–Kier alpha value is -2.46. The third-order valence-electron chi connectivity index (χ3n) is 6.36. The number of ether oxygens (including phenoxy) is 2. The van der Waals surface area contributed by atoms with E-state index in [1.807, 2.05) is 23.1 Å². The molecule has 0 aliphatic carbocycles. The molecule has 0 unspecified atom stereocenters. The lowest BCUT2D eigenvalue weighted by atomic mass is 9.96. The van der Waals surface area contributed by atoms with Crippen molar-refractivity contribution in [3.8, 4) is 5.75 Å². The summed E-state index contributed by atoms with van der Waals surface area (Å²) in [6.45, 7) is 0.934. The lowest BCUT2D eigenvalue weighted by molar-refractivity contribution is -0.140. The van der Waals surface area contributed by atoms with Crippen molar-refractivity contribution in [3.63, 3.8) is 0 Å².